The molecule has 8 nitrogen and oxygen atoms in total. The molecular weight excluding hydrogens is 516 g/mol. The molecule has 3 aliphatic rings. The van der Waals surface area contributed by atoms with E-state index in [0.29, 0.717) is 31.6 Å². The molecule has 0 bridgehead atoms. The fourth-order valence-electron chi connectivity index (χ4n) is 5.67. The third-order valence-electron chi connectivity index (χ3n) is 8.00. The molecule has 0 spiro atoms. The van der Waals surface area contributed by atoms with E-state index in [4.69, 9.17) is 10.5 Å². The summed E-state index contributed by atoms with van der Waals surface area (Å²) >= 11 is 0. The topological polar surface area (TPSA) is 121 Å². The highest BCUT2D eigenvalue weighted by Crippen LogP contribution is 2.34. The van der Waals surface area contributed by atoms with Crippen LogP contribution in [0.2, 0.25) is 0 Å². The molecule has 216 valence electrons. The molecule has 2 atom stereocenters. The van der Waals surface area contributed by atoms with Crippen LogP contribution in [0.3, 0.4) is 0 Å². The third kappa shape index (κ3) is 7.13. The Kier molecular flexibility index (Phi) is 9.31. The fourth-order valence-corrected chi connectivity index (χ4v) is 5.67. The number of aliphatic hydroxyl groups excluding tert-OH is 1. The predicted molar refractivity (Wildman–Crippen MR) is 161 cm³/mol. The molecule has 0 fully saturated rings. The lowest BCUT2D eigenvalue weighted by molar-refractivity contribution is -0.121. The third-order valence-corrected chi connectivity index (χ3v) is 8.00. The van der Waals surface area contributed by atoms with E-state index in [1.165, 1.54) is 22.3 Å². The Morgan fingerprint density at radius 2 is 2.12 bits per heavy atom. The van der Waals surface area contributed by atoms with Gasteiger partial charge in [0.1, 0.15) is 11.9 Å². The number of aryl methyl sites for hydroxylation is 1. The summed E-state index contributed by atoms with van der Waals surface area (Å²) in [5.41, 5.74) is 14.0. The Morgan fingerprint density at radius 3 is 2.98 bits per heavy atom. The van der Waals surface area contributed by atoms with E-state index in [1.807, 2.05) is 35.7 Å². The van der Waals surface area contributed by atoms with Crippen LogP contribution in [0.4, 0.5) is 0 Å². The van der Waals surface area contributed by atoms with Crippen molar-refractivity contribution in [1.82, 2.24) is 4.90 Å². The first-order valence-electron chi connectivity index (χ1n) is 14.7. The Hall–Kier alpha value is -3.75. The molecule has 0 saturated carbocycles. The van der Waals surface area contributed by atoms with Crippen molar-refractivity contribution in [3.8, 4) is 11.5 Å². The number of nitrogens with two attached hydrogens (primary N) is 1. The first-order valence-corrected chi connectivity index (χ1v) is 14.7. The second-order valence-corrected chi connectivity index (χ2v) is 11.1. The number of phenols is 1. The van der Waals surface area contributed by atoms with Crippen molar-refractivity contribution in [3.63, 3.8) is 0 Å². The van der Waals surface area contributed by atoms with Gasteiger partial charge in [-0.05, 0) is 59.2 Å². The van der Waals surface area contributed by atoms with E-state index < -0.39 is 6.10 Å². The number of benzene rings is 2. The van der Waals surface area contributed by atoms with Crippen LogP contribution in [0, 0.1) is 0 Å². The van der Waals surface area contributed by atoms with Crippen LogP contribution < -0.4 is 10.5 Å². The maximum absolute atomic E-state index is 12.4. The van der Waals surface area contributed by atoms with Gasteiger partial charge >= 0.3 is 0 Å². The zero-order valence-corrected chi connectivity index (χ0v) is 23.8. The lowest BCUT2D eigenvalue weighted by Gasteiger charge is -2.20. The van der Waals surface area contributed by atoms with Crippen molar-refractivity contribution in [2.75, 3.05) is 13.3 Å². The SMILES string of the molecule is CCCCCC(O)CC(=O)CCc1ccc(O)c(OCN2C=C3N=CC(Cc4cccc5c4CC=NC5N)=C3C2)c1. The average molecular weight is 557 g/mol. The first-order chi connectivity index (χ1) is 19.9. The minimum atomic E-state index is -0.562. The molecule has 0 saturated heterocycles. The molecule has 0 radical (unpaired) electrons. The normalized spacial score (nSPS) is 18.0. The van der Waals surface area contributed by atoms with Gasteiger partial charge in [0.15, 0.2) is 18.2 Å². The van der Waals surface area contributed by atoms with Crippen molar-refractivity contribution in [2.45, 2.75) is 77.0 Å². The van der Waals surface area contributed by atoms with Gasteiger partial charge in [-0.25, -0.2) is 0 Å². The Bertz CT molecular complexity index is 1390. The number of carbonyl (C=O) groups is 1. The molecule has 0 aliphatic carbocycles. The molecule has 3 aliphatic heterocycles. The molecule has 41 heavy (non-hydrogen) atoms. The number of aliphatic imine (C=N–C) groups is 2. The number of unbranched alkanes of at least 4 members (excludes halogenated alkanes) is 2. The van der Waals surface area contributed by atoms with Crippen LogP contribution in [-0.2, 0) is 24.1 Å². The number of hydrogen-bond acceptors (Lipinski definition) is 8. The van der Waals surface area contributed by atoms with Gasteiger partial charge in [-0.3, -0.25) is 14.8 Å². The molecular formula is C33H40N4O4. The first kappa shape index (κ1) is 28.8. The van der Waals surface area contributed by atoms with Crippen LogP contribution in [0.25, 0.3) is 0 Å². The molecule has 2 aromatic carbocycles. The van der Waals surface area contributed by atoms with Gasteiger partial charge in [-0.1, -0.05) is 50.5 Å². The lowest BCUT2D eigenvalue weighted by atomic mass is 9.91. The van der Waals surface area contributed by atoms with E-state index in [-0.39, 0.29) is 30.9 Å². The number of fused-ring (bicyclic) bond motifs is 2. The number of hydrogen-bond donors (Lipinski definition) is 3. The Morgan fingerprint density at radius 1 is 1.24 bits per heavy atom. The monoisotopic (exact) mass is 556 g/mol. The molecule has 5 rings (SSSR count). The van der Waals surface area contributed by atoms with E-state index in [9.17, 15) is 15.0 Å². The minimum Gasteiger partial charge on any atom is -0.504 e. The lowest BCUT2D eigenvalue weighted by Crippen LogP contribution is -2.22. The van der Waals surface area contributed by atoms with E-state index >= 15 is 0 Å². The number of nitrogens with zero attached hydrogens (tertiary/aromatic N) is 3. The molecule has 4 N–H and O–H groups in total. The Labute approximate surface area is 242 Å². The van der Waals surface area contributed by atoms with Gasteiger partial charge in [0.05, 0.1) is 11.8 Å². The summed E-state index contributed by atoms with van der Waals surface area (Å²) in [5.74, 6) is 0.500. The van der Waals surface area contributed by atoms with Crippen molar-refractivity contribution < 1.29 is 19.7 Å². The number of aromatic hydroxyl groups is 1. The summed E-state index contributed by atoms with van der Waals surface area (Å²) in [5, 5.41) is 20.5. The maximum Gasteiger partial charge on any atom is 0.163 e. The van der Waals surface area contributed by atoms with E-state index in [0.717, 1.165) is 48.9 Å². The van der Waals surface area contributed by atoms with E-state index in [2.05, 4.69) is 29.0 Å². The highest BCUT2D eigenvalue weighted by atomic mass is 16.5. The van der Waals surface area contributed by atoms with Crippen molar-refractivity contribution in [3.05, 3.63) is 81.7 Å². The second kappa shape index (κ2) is 13.3. The van der Waals surface area contributed by atoms with Crippen LogP contribution in [-0.4, -0.2) is 52.7 Å². The summed E-state index contributed by atoms with van der Waals surface area (Å²) in [4.78, 5) is 23.4. The highest BCUT2D eigenvalue weighted by molar-refractivity contribution is 5.87. The number of carbonyl (C=O) groups excluding carboxylic acids is 1. The largest absolute Gasteiger partial charge is 0.504 e. The van der Waals surface area contributed by atoms with Gasteiger partial charge < -0.3 is 25.6 Å². The molecule has 0 amide bonds. The number of allylic oxidation sites excluding steroid dienone is 1. The quantitative estimate of drug-likeness (QED) is 0.284. The van der Waals surface area contributed by atoms with E-state index in [1.54, 1.807) is 12.1 Å². The highest BCUT2D eigenvalue weighted by Gasteiger charge is 2.26. The zero-order chi connectivity index (χ0) is 28.8. The zero-order valence-electron chi connectivity index (χ0n) is 23.8. The number of ether oxygens (including phenoxy) is 1. The van der Waals surface area contributed by atoms with Crippen LogP contribution in [0.1, 0.15) is 73.9 Å². The van der Waals surface area contributed by atoms with Crippen LogP contribution in [0.5, 0.6) is 11.5 Å². The number of phenolic OH excluding ortho intramolecular Hbond substituents is 1. The minimum absolute atomic E-state index is 0.0522. The van der Waals surface area contributed by atoms with Crippen LogP contribution in [0.15, 0.2) is 69.4 Å². The van der Waals surface area contributed by atoms with Crippen molar-refractivity contribution >= 4 is 18.2 Å². The standard InChI is InChI=1S/C33H40N4O4/c1-2-3-4-7-25(38)17-26(39)11-9-22-10-12-31(40)32(15-22)41-21-37-19-29-24(18-36-30(29)20-37)16-23-6-5-8-28-27(23)13-14-35-33(28)34/h5-6,8,10,12,14-15,18,20,25,33,38,40H,2-4,7,9,11,13,16-17,19,21,34H2,1H3. The maximum atomic E-state index is 12.4. The van der Waals surface area contributed by atoms with Gasteiger partial charge in [-0.2, -0.15) is 0 Å². The van der Waals surface area contributed by atoms with Gasteiger partial charge in [0, 0.05) is 50.0 Å². The van der Waals surface area contributed by atoms with Gasteiger partial charge in [0.25, 0.3) is 0 Å². The fraction of sp³-hybridized carbons (Fsp3) is 0.424. The summed E-state index contributed by atoms with van der Waals surface area (Å²) < 4.78 is 6.00. The van der Waals surface area contributed by atoms with Crippen LogP contribution >= 0.6 is 0 Å². The molecule has 0 aromatic heterocycles. The molecule has 3 heterocycles. The smallest absolute Gasteiger partial charge is 0.163 e. The summed E-state index contributed by atoms with van der Waals surface area (Å²) in [6.45, 7) is 3.06. The van der Waals surface area contributed by atoms with Crippen molar-refractivity contribution in [1.29, 1.82) is 0 Å². The number of rotatable bonds is 14. The number of ketones is 1. The summed E-state index contributed by atoms with van der Waals surface area (Å²) in [6, 6.07) is 11.5. The van der Waals surface area contributed by atoms with Gasteiger partial charge in [-0.15, -0.1) is 0 Å². The molecule has 2 aromatic rings. The second-order valence-electron chi connectivity index (χ2n) is 11.1. The summed E-state index contributed by atoms with van der Waals surface area (Å²) in [7, 11) is 0. The molecule has 8 heteroatoms. The molecule has 2 unspecified atom stereocenters. The predicted octanol–water partition coefficient (Wildman–Crippen LogP) is 4.93. The number of Topliss-reactive ketones (excluding diaryl/α,β-unsaturated/α-hetero) is 1. The average Bonchev–Trinajstić information content (AvgIpc) is 3.54. The number of aliphatic hydroxyl groups is 1. The van der Waals surface area contributed by atoms with Crippen molar-refractivity contribution in [2.24, 2.45) is 15.7 Å². The Balaban J connectivity index is 1.15. The summed E-state index contributed by atoms with van der Waals surface area (Å²) in [6.07, 6.45) is 11.4. The van der Waals surface area contributed by atoms with Gasteiger partial charge in [0.2, 0.25) is 0 Å².